The number of halogens is 1. The Morgan fingerprint density at radius 3 is 2.80 bits per heavy atom. The summed E-state index contributed by atoms with van der Waals surface area (Å²) < 4.78 is 0.838. The molecule has 3 rings (SSSR count). The van der Waals surface area contributed by atoms with Crippen molar-refractivity contribution in [3.8, 4) is 0 Å². The Morgan fingerprint density at radius 2 is 2.10 bits per heavy atom. The van der Waals surface area contributed by atoms with Crippen molar-refractivity contribution in [1.29, 1.82) is 0 Å². The van der Waals surface area contributed by atoms with E-state index in [0.717, 1.165) is 29.3 Å². The van der Waals surface area contributed by atoms with Crippen molar-refractivity contribution in [2.45, 2.75) is 25.3 Å². The van der Waals surface area contributed by atoms with E-state index in [4.69, 9.17) is 16.7 Å². The number of thiophene rings is 1. The molecule has 1 aliphatic carbocycles. The Morgan fingerprint density at radius 1 is 1.35 bits per heavy atom. The summed E-state index contributed by atoms with van der Waals surface area (Å²) in [5.74, 6) is -0.902. The van der Waals surface area contributed by atoms with Gasteiger partial charge in [0.1, 0.15) is 0 Å². The van der Waals surface area contributed by atoms with Crippen LogP contribution in [0.3, 0.4) is 0 Å². The third-order valence-electron chi connectivity index (χ3n) is 3.56. The number of fused-ring (bicyclic) bond motifs is 1. The number of hydrogen-bond acceptors (Lipinski definition) is 3. The van der Waals surface area contributed by atoms with Crippen LogP contribution in [0.4, 0.5) is 5.69 Å². The van der Waals surface area contributed by atoms with Gasteiger partial charge in [-0.1, -0.05) is 11.6 Å². The van der Waals surface area contributed by atoms with E-state index < -0.39 is 5.97 Å². The van der Waals surface area contributed by atoms with E-state index in [9.17, 15) is 4.79 Å². The highest BCUT2D eigenvalue weighted by molar-refractivity contribution is 7.16. The maximum Gasteiger partial charge on any atom is 0.335 e. The molecule has 1 aromatic carbocycles. The highest BCUT2D eigenvalue weighted by Crippen LogP contribution is 2.39. The van der Waals surface area contributed by atoms with Gasteiger partial charge in [-0.3, -0.25) is 0 Å². The molecular weight excluding hydrogens is 294 g/mol. The predicted molar refractivity (Wildman–Crippen MR) is 82.0 cm³/mol. The number of nitrogens with one attached hydrogen (secondary N) is 1. The number of aromatic carboxylic acids is 1. The van der Waals surface area contributed by atoms with Crippen LogP contribution in [0.5, 0.6) is 0 Å². The van der Waals surface area contributed by atoms with Gasteiger partial charge in [0.15, 0.2) is 0 Å². The smallest absolute Gasteiger partial charge is 0.335 e. The third kappa shape index (κ3) is 2.67. The van der Waals surface area contributed by atoms with Gasteiger partial charge in [0.2, 0.25) is 0 Å². The second-order valence-electron chi connectivity index (χ2n) is 4.90. The molecule has 1 aromatic heterocycles. The van der Waals surface area contributed by atoms with Crippen LogP contribution < -0.4 is 5.32 Å². The maximum absolute atomic E-state index is 10.8. The number of aryl methyl sites for hydroxylation is 1. The lowest BCUT2D eigenvalue weighted by molar-refractivity contribution is 0.0697. The molecule has 0 fully saturated rings. The minimum absolute atomic E-state index is 0.262. The van der Waals surface area contributed by atoms with Crippen LogP contribution in [0.25, 0.3) is 0 Å². The lowest BCUT2D eigenvalue weighted by Gasteiger charge is -2.24. The summed E-state index contributed by atoms with van der Waals surface area (Å²) >= 11 is 7.76. The number of carbonyl (C=O) groups is 1. The summed E-state index contributed by atoms with van der Waals surface area (Å²) in [6.07, 6.45) is 3.32. The minimum Gasteiger partial charge on any atom is -0.478 e. The van der Waals surface area contributed by atoms with Crippen molar-refractivity contribution >= 4 is 34.6 Å². The van der Waals surface area contributed by atoms with Gasteiger partial charge in [-0.2, -0.15) is 0 Å². The Bertz CT molecular complexity index is 636. The SMILES string of the molecule is O=C(O)c1ccc(NC2CCCc3sc(Cl)cc32)cc1. The molecule has 1 unspecified atom stereocenters. The highest BCUT2D eigenvalue weighted by atomic mass is 35.5. The van der Waals surface area contributed by atoms with E-state index in [1.807, 2.05) is 18.2 Å². The molecule has 0 bridgehead atoms. The molecule has 0 spiro atoms. The first kappa shape index (κ1) is 13.5. The maximum atomic E-state index is 10.8. The highest BCUT2D eigenvalue weighted by Gasteiger charge is 2.22. The zero-order valence-corrected chi connectivity index (χ0v) is 12.3. The fraction of sp³-hybridized carbons (Fsp3) is 0.267. The Balaban J connectivity index is 1.80. The van der Waals surface area contributed by atoms with Crippen LogP contribution in [0.2, 0.25) is 4.34 Å². The van der Waals surface area contributed by atoms with Crippen molar-refractivity contribution in [3.63, 3.8) is 0 Å². The van der Waals surface area contributed by atoms with Crippen LogP contribution in [-0.4, -0.2) is 11.1 Å². The third-order valence-corrected chi connectivity index (χ3v) is 4.90. The summed E-state index contributed by atoms with van der Waals surface area (Å²) in [6, 6.07) is 9.17. The first-order valence-corrected chi connectivity index (χ1v) is 7.71. The van der Waals surface area contributed by atoms with Crippen molar-refractivity contribution in [3.05, 3.63) is 50.7 Å². The standard InChI is InChI=1S/C15H14ClNO2S/c16-14-8-11-12(2-1-3-13(11)20-14)17-10-6-4-9(5-7-10)15(18)19/h4-8,12,17H,1-3H2,(H,18,19). The van der Waals surface area contributed by atoms with Gasteiger partial charge >= 0.3 is 5.97 Å². The fourth-order valence-corrected chi connectivity index (χ4v) is 3.97. The van der Waals surface area contributed by atoms with Crippen molar-refractivity contribution in [1.82, 2.24) is 0 Å². The molecule has 0 amide bonds. The van der Waals surface area contributed by atoms with E-state index in [1.54, 1.807) is 23.5 Å². The largest absolute Gasteiger partial charge is 0.478 e. The van der Waals surface area contributed by atoms with Crippen molar-refractivity contribution in [2.24, 2.45) is 0 Å². The first-order chi connectivity index (χ1) is 9.63. The van der Waals surface area contributed by atoms with Crippen LogP contribution in [0.1, 0.15) is 39.7 Å². The van der Waals surface area contributed by atoms with Gasteiger partial charge in [0.05, 0.1) is 15.9 Å². The number of anilines is 1. The van der Waals surface area contributed by atoms with Gasteiger partial charge in [0.25, 0.3) is 0 Å². The lowest BCUT2D eigenvalue weighted by Crippen LogP contribution is -2.15. The number of carboxylic acids is 1. The molecule has 5 heteroatoms. The summed E-state index contributed by atoms with van der Waals surface area (Å²) in [4.78, 5) is 12.2. The Kier molecular flexibility index (Phi) is 3.68. The molecule has 104 valence electrons. The Hall–Kier alpha value is -1.52. The van der Waals surface area contributed by atoms with Gasteiger partial charge in [-0.15, -0.1) is 11.3 Å². The lowest BCUT2D eigenvalue weighted by atomic mass is 9.94. The van der Waals surface area contributed by atoms with Crippen LogP contribution in [0.15, 0.2) is 30.3 Å². The molecule has 1 heterocycles. The van der Waals surface area contributed by atoms with Crippen LogP contribution in [-0.2, 0) is 6.42 Å². The molecule has 0 radical (unpaired) electrons. The monoisotopic (exact) mass is 307 g/mol. The number of benzene rings is 1. The average molecular weight is 308 g/mol. The molecule has 3 nitrogen and oxygen atoms in total. The molecule has 1 atom stereocenters. The second-order valence-corrected chi connectivity index (χ2v) is 6.67. The summed E-state index contributed by atoms with van der Waals surface area (Å²) in [5.41, 5.74) is 2.53. The quantitative estimate of drug-likeness (QED) is 0.872. The zero-order chi connectivity index (χ0) is 14.1. The summed E-state index contributed by atoms with van der Waals surface area (Å²) in [5, 5.41) is 12.4. The van der Waals surface area contributed by atoms with Crippen molar-refractivity contribution in [2.75, 3.05) is 5.32 Å². The zero-order valence-electron chi connectivity index (χ0n) is 10.7. The molecule has 1 aliphatic rings. The van der Waals surface area contributed by atoms with Crippen molar-refractivity contribution < 1.29 is 9.90 Å². The molecule has 2 N–H and O–H groups in total. The molecule has 0 aliphatic heterocycles. The molecule has 20 heavy (non-hydrogen) atoms. The number of rotatable bonds is 3. The predicted octanol–water partition coefficient (Wildman–Crippen LogP) is 4.59. The van der Waals surface area contributed by atoms with Gasteiger partial charge in [0, 0.05) is 10.6 Å². The van der Waals surface area contributed by atoms with Gasteiger partial charge in [-0.05, 0) is 55.2 Å². The van der Waals surface area contributed by atoms with Gasteiger partial charge < -0.3 is 10.4 Å². The molecular formula is C15H14ClNO2S. The summed E-state index contributed by atoms with van der Waals surface area (Å²) in [7, 11) is 0. The summed E-state index contributed by atoms with van der Waals surface area (Å²) in [6.45, 7) is 0. The second kappa shape index (κ2) is 5.46. The minimum atomic E-state index is -0.902. The number of hydrogen-bond donors (Lipinski definition) is 2. The average Bonchev–Trinajstić information content (AvgIpc) is 2.81. The molecule has 2 aromatic rings. The Labute approximate surface area is 126 Å². The van der Waals surface area contributed by atoms with E-state index in [0.29, 0.717) is 5.56 Å². The van der Waals surface area contributed by atoms with E-state index in [1.165, 1.54) is 10.4 Å². The van der Waals surface area contributed by atoms with E-state index in [2.05, 4.69) is 5.32 Å². The first-order valence-electron chi connectivity index (χ1n) is 6.51. The number of carboxylic acid groups (broad SMARTS) is 1. The van der Waals surface area contributed by atoms with E-state index in [-0.39, 0.29) is 6.04 Å². The van der Waals surface area contributed by atoms with Gasteiger partial charge in [-0.25, -0.2) is 4.79 Å². The van der Waals surface area contributed by atoms with Crippen LogP contribution in [0, 0.1) is 0 Å². The normalized spacial score (nSPS) is 17.6. The van der Waals surface area contributed by atoms with Crippen LogP contribution >= 0.6 is 22.9 Å². The van der Waals surface area contributed by atoms with E-state index >= 15 is 0 Å². The molecule has 0 saturated carbocycles. The molecule has 0 saturated heterocycles. The topological polar surface area (TPSA) is 49.3 Å². The fourth-order valence-electron chi connectivity index (χ4n) is 2.58.